The van der Waals surface area contributed by atoms with Gasteiger partial charge >= 0.3 is 0 Å². The van der Waals surface area contributed by atoms with E-state index < -0.39 is 0 Å². The van der Waals surface area contributed by atoms with Crippen LogP contribution in [0.4, 0.5) is 5.69 Å². The summed E-state index contributed by atoms with van der Waals surface area (Å²) >= 11 is 0. The quantitative estimate of drug-likeness (QED) is 0.497. The van der Waals surface area contributed by atoms with E-state index in [1.165, 1.54) is 0 Å². The number of nitrogens with zero attached hydrogens (tertiary/aromatic N) is 2. The van der Waals surface area contributed by atoms with Crippen molar-refractivity contribution in [2.75, 3.05) is 38.5 Å². The van der Waals surface area contributed by atoms with Gasteiger partial charge in [0.05, 0.1) is 6.04 Å². The van der Waals surface area contributed by atoms with Crippen molar-refractivity contribution in [1.29, 1.82) is 0 Å². The van der Waals surface area contributed by atoms with E-state index in [2.05, 4.69) is 29.3 Å². The fourth-order valence-corrected chi connectivity index (χ4v) is 6.05. The van der Waals surface area contributed by atoms with Crippen LogP contribution in [-0.4, -0.2) is 60.7 Å². The number of hydrogen-bond acceptors (Lipinski definition) is 4. The number of carbonyl (C=O) groups is 3. The number of anilines is 1. The number of piperazine rings is 1. The molecule has 3 aromatic rings. The topological polar surface area (TPSA) is 81.8 Å². The van der Waals surface area contributed by atoms with E-state index in [1.807, 2.05) is 70.5 Å². The average molecular weight is 535 g/mol. The second kappa shape index (κ2) is 10.6. The molecule has 3 aliphatic rings. The third-order valence-electron chi connectivity index (χ3n) is 8.33. The number of carbonyl (C=O) groups excluding carboxylic acids is 3. The van der Waals surface area contributed by atoms with E-state index >= 15 is 0 Å². The molecule has 2 unspecified atom stereocenters. The molecule has 3 amide bonds. The van der Waals surface area contributed by atoms with Gasteiger partial charge in [-0.2, -0.15) is 0 Å². The summed E-state index contributed by atoms with van der Waals surface area (Å²) in [4.78, 5) is 42.6. The van der Waals surface area contributed by atoms with Crippen molar-refractivity contribution in [2.45, 2.75) is 24.8 Å². The molecule has 2 aliphatic heterocycles. The number of hydrogen-bond donors (Lipinski definition) is 2. The van der Waals surface area contributed by atoms with Gasteiger partial charge in [0.15, 0.2) is 0 Å². The molecule has 2 heterocycles. The minimum atomic E-state index is -0.207. The molecule has 6 rings (SSSR count). The summed E-state index contributed by atoms with van der Waals surface area (Å²) in [5, 5.41) is 6.43. The summed E-state index contributed by atoms with van der Waals surface area (Å²) in [6, 6.07) is 23.5. The predicted octanol–water partition coefficient (Wildman–Crippen LogP) is 4.70. The maximum Gasteiger partial charge on any atom is 0.253 e. The zero-order chi connectivity index (χ0) is 27.8. The van der Waals surface area contributed by atoms with Gasteiger partial charge in [-0.15, -0.1) is 0 Å². The Morgan fingerprint density at radius 1 is 0.850 bits per heavy atom. The van der Waals surface area contributed by atoms with Crippen molar-refractivity contribution >= 4 is 29.0 Å². The van der Waals surface area contributed by atoms with Crippen molar-refractivity contribution in [3.63, 3.8) is 0 Å². The average Bonchev–Trinajstić information content (AvgIpc) is 3.86. The van der Waals surface area contributed by atoms with E-state index in [0.29, 0.717) is 37.3 Å². The minimum absolute atomic E-state index is 0.0301. The Balaban J connectivity index is 1.32. The van der Waals surface area contributed by atoms with Crippen LogP contribution in [0.1, 0.15) is 62.2 Å². The van der Waals surface area contributed by atoms with Crippen molar-refractivity contribution in [1.82, 2.24) is 15.1 Å². The summed E-state index contributed by atoms with van der Waals surface area (Å²) in [5.41, 5.74) is 5.73. The Hall–Kier alpha value is -4.39. The van der Waals surface area contributed by atoms with Crippen LogP contribution >= 0.6 is 0 Å². The SMILES string of the molecule is C=C1c2c(cccc2C(=O)NC)NC(c2ccccc2)C1c1cccc(C(=O)N2CCN(C(=O)C3CC3)CC2)c1. The van der Waals surface area contributed by atoms with Gasteiger partial charge in [0.1, 0.15) is 0 Å². The van der Waals surface area contributed by atoms with Gasteiger partial charge in [-0.3, -0.25) is 14.4 Å². The van der Waals surface area contributed by atoms with Crippen molar-refractivity contribution < 1.29 is 14.4 Å². The zero-order valence-corrected chi connectivity index (χ0v) is 22.7. The molecule has 7 heteroatoms. The number of amides is 3. The normalized spacial score (nSPS) is 20.4. The smallest absolute Gasteiger partial charge is 0.253 e. The summed E-state index contributed by atoms with van der Waals surface area (Å²) in [6.07, 6.45) is 1.98. The highest BCUT2D eigenvalue weighted by Gasteiger charge is 2.37. The van der Waals surface area contributed by atoms with Crippen LogP contribution in [-0.2, 0) is 4.79 Å². The second-order valence-electron chi connectivity index (χ2n) is 10.9. The zero-order valence-electron chi connectivity index (χ0n) is 22.7. The predicted molar refractivity (Wildman–Crippen MR) is 156 cm³/mol. The Kier molecular flexibility index (Phi) is 6.88. The molecule has 2 N–H and O–H groups in total. The highest BCUT2D eigenvalue weighted by atomic mass is 16.2. The molecule has 1 saturated carbocycles. The molecule has 40 heavy (non-hydrogen) atoms. The van der Waals surface area contributed by atoms with Gasteiger partial charge in [-0.25, -0.2) is 0 Å². The molecule has 204 valence electrons. The maximum absolute atomic E-state index is 13.6. The van der Waals surface area contributed by atoms with Gasteiger partial charge in [0.2, 0.25) is 5.91 Å². The van der Waals surface area contributed by atoms with Crippen LogP contribution in [0.3, 0.4) is 0 Å². The largest absolute Gasteiger partial charge is 0.377 e. The van der Waals surface area contributed by atoms with E-state index in [-0.39, 0.29) is 35.6 Å². The Labute approximate surface area is 234 Å². The second-order valence-corrected chi connectivity index (χ2v) is 10.9. The summed E-state index contributed by atoms with van der Waals surface area (Å²) in [5.74, 6) is 0.0300. The van der Waals surface area contributed by atoms with Gasteiger partial charge in [-0.1, -0.05) is 55.1 Å². The third-order valence-corrected chi connectivity index (χ3v) is 8.33. The Bertz CT molecular complexity index is 1470. The number of benzene rings is 3. The fourth-order valence-electron chi connectivity index (χ4n) is 6.05. The van der Waals surface area contributed by atoms with Crippen LogP contribution in [0.2, 0.25) is 0 Å². The molecular formula is C33H34N4O3. The molecule has 7 nitrogen and oxygen atoms in total. The van der Waals surface area contributed by atoms with Gasteiger partial charge < -0.3 is 20.4 Å². The molecular weight excluding hydrogens is 500 g/mol. The number of fused-ring (bicyclic) bond motifs is 1. The molecule has 1 aliphatic carbocycles. The lowest BCUT2D eigenvalue weighted by Crippen LogP contribution is -2.51. The lowest BCUT2D eigenvalue weighted by Gasteiger charge is -2.38. The van der Waals surface area contributed by atoms with Crippen molar-refractivity contribution in [2.24, 2.45) is 5.92 Å². The highest BCUT2D eigenvalue weighted by Crippen LogP contribution is 2.49. The van der Waals surface area contributed by atoms with Crippen molar-refractivity contribution in [3.8, 4) is 0 Å². The van der Waals surface area contributed by atoms with Crippen LogP contribution in [0, 0.1) is 5.92 Å². The summed E-state index contributed by atoms with van der Waals surface area (Å²) in [7, 11) is 1.63. The van der Waals surface area contributed by atoms with E-state index in [1.54, 1.807) is 7.05 Å². The summed E-state index contributed by atoms with van der Waals surface area (Å²) < 4.78 is 0. The standard InChI is InChI=1S/C33H34N4O3/c1-21-28(30(22-8-4-3-5-9-22)35-27-13-7-12-26(29(21)27)31(38)34-2)24-10-6-11-25(20-24)33(40)37-18-16-36(17-19-37)32(39)23-14-15-23/h3-13,20,23,28,30,35H,1,14-19H2,2H3,(H,34,38). The van der Waals surface area contributed by atoms with Gasteiger partial charge in [0, 0.05) is 67.4 Å². The molecule has 2 fully saturated rings. The Morgan fingerprint density at radius 3 is 2.23 bits per heavy atom. The van der Waals surface area contributed by atoms with Crippen LogP contribution in [0.25, 0.3) is 5.57 Å². The van der Waals surface area contributed by atoms with Crippen molar-refractivity contribution in [3.05, 3.63) is 107 Å². The third kappa shape index (κ3) is 4.76. The first-order valence-electron chi connectivity index (χ1n) is 14.0. The van der Waals surface area contributed by atoms with E-state index in [4.69, 9.17) is 0 Å². The molecule has 0 radical (unpaired) electrons. The van der Waals surface area contributed by atoms with Gasteiger partial charge in [-0.05, 0) is 53.8 Å². The van der Waals surface area contributed by atoms with Gasteiger partial charge in [0.25, 0.3) is 11.8 Å². The first-order chi connectivity index (χ1) is 19.5. The monoisotopic (exact) mass is 534 g/mol. The number of rotatable bonds is 5. The molecule has 0 aromatic heterocycles. The lowest BCUT2D eigenvalue weighted by atomic mass is 9.75. The molecule has 0 spiro atoms. The van der Waals surface area contributed by atoms with Crippen LogP contribution in [0.5, 0.6) is 0 Å². The fraction of sp³-hybridized carbons (Fsp3) is 0.303. The maximum atomic E-state index is 13.6. The molecule has 0 bridgehead atoms. The van der Waals surface area contributed by atoms with E-state index in [0.717, 1.165) is 40.8 Å². The summed E-state index contributed by atoms with van der Waals surface area (Å²) in [6.45, 7) is 6.76. The highest BCUT2D eigenvalue weighted by molar-refractivity contribution is 6.03. The molecule has 1 saturated heterocycles. The van der Waals surface area contributed by atoms with Crippen LogP contribution in [0.15, 0.2) is 79.4 Å². The molecule has 2 atom stereocenters. The first-order valence-corrected chi connectivity index (χ1v) is 14.0. The number of nitrogens with one attached hydrogen (secondary N) is 2. The first kappa shape index (κ1) is 25.9. The van der Waals surface area contributed by atoms with E-state index in [9.17, 15) is 14.4 Å². The molecule has 3 aromatic carbocycles. The van der Waals surface area contributed by atoms with Crippen LogP contribution < -0.4 is 10.6 Å². The minimum Gasteiger partial charge on any atom is -0.377 e. The Morgan fingerprint density at radius 2 is 1.52 bits per heavy atom. The lowest BCUT2D eigenvalue weighted by molar-refractivity contribution is -0.134.